The highest BCUT2D eigenvalue weighted by atomic mass is 19.1. The molecule has 0 saturated carbocycles. The lowest BCUT2D eigenvalue weighted by atomic mass is 10.1. The van der Waals surface area contributed by atoms with Crippen molar-refractivity contribution in [1.29, 1.82) is 0 Å². The number of carbonyl (C=O) groups is 2. The lowest BCUT2D eigenvalue weighted by Crippen LogP contribution is -2.47. The molecule has 2 amide bonds. The third-order valence-corrected chi connectivity index (χ3v) is 4.07. The molecule has 132 valence electrons. The Hall–Kier alpha value is -1.99. The minimum atomic E-state index is -0.676. The van der Waals surface area contributed by atoms with Gasteiger partial charge in [-0.05, 0) is 24.1 Å². The molecule has 2 N–H and O–H groups in total. The van der Waals surface area contributed by atoms with Crippen molar-refractivity contribution in [2.24, 2.45) is 5.73 Å². The zero-order valence-corrected chi connectivity index (χ0v) is 13.9. The summed E-state index contributed by atoms with van der Waals surface area (Å²) in [5.74, 6) is -0.563. The van der Waals surface area contributed by atoms with Crippen molar-refractivity contribution in [3.8, 4) is 0 Å². The van der Waals surface area contributed by atoms with E-state index >= 15 is 0 Å². The molecular formula is C17H24FN3O3. The second kappa shape index (κ2) is 8.75. The highest BCUT2D eigenvalue weighted by Crippen LogP contribution is 2.10. The van der Waals surface area contributed by atoms with E-state index in [1.807, 2.05) is 0 Å². The average Bonchev–Trinajstić information content (AvgIpc) is 2.80. The molecule has 0 radical (unpaired) electrons. The van der Waals surface area contributed by atoms with Gasteiger partial charge in [0, 0.05) is 33.3 Å². The van der Waals surface area contributed by atoms with Crippen molar-refractivity contribution < 1.29 is 18.7 Å². The van der Waals surface area contributed by atoms with E-state index in [1.54, 1.807) is 21.9 Å². The fraction of sp³-hybridized carbons (Fsp3) is 0.529. The number of amides is 2. The molecule has 6 nitrogen and oxygen atoms in total. The summed E-state index contributed by atoms with van der Waals surface area (Å²) in [6.07, 6.45) is 0.856. The Morgan fingerprint density at radius 2 is 1.96 bits per heavy atom. The quantitative estimate of drug-likeness (QED) is 0.844. The average molecular weight is 337 g/mol. The Balaban J connectivity index is 1.90. The summed E-state index contributed by atoms with van der Waals surface area (Å²) in [6, 6.07) is 5.38. The van der Waals surface area contributed by atoms with Crippen LogP contribution in [-0.4, -0.2) is 67.6 Å². The predicted octanol–water partition coefficient (Wildman–Crippen LogP) is 0.403. The molecule has 7 heteroatoms. The molecule has 1 unspecified atom stereocenters. The topological polar surface area (TPSA) is 75.9 Å². The van der Waals surface area contributed by atoms with E-state index in [9.17, 15) is 14.0 Å². The summed E-state index contributed by atoms with van der Waals surface area (Å²) < 4.78 is 18.1. The van der Waals surface area contributed by atoms with Crippen LogP contribution < -0.4 is 5.73 Å². The summed E-state index contributed by atoms with van der Waals surface area (Å²) >= 11 is 0. The summed E-state index contributed by atoms with van der Waals surface area (Å²) in [7, 11) is 1.50. The number of nitrogens with zero attached hydrogens (tertiary/aromatic N) is 2. The molecule has 0 spiro atoms. The van der Waals surface area contributed by atoms with Gasteiger partial charge in [0.25, 0.3) is 0 Å². The Morgan fingerprint density at radius 1 is 1.25 bits per heavy atom. The van der Waals surface area contributed by atoms with Gasteiger partial charge >= 0.3 is 0 Å². The number of carbonyl (C=O) groups excluding carboxylic acids is 2. The van der Waals surface area contributed by atoms with Gasteiger partial charge in [-0.3, -0.25) is 9.59 Å². The maximum absolute atomic E-state index is 13.2. The first-order valence-corrected chi connectivity index (χ1v) is 8.07. The fourth-order valence-corrected chi connectivity index (χ4v) is 2.81. The second-order valence-electron chi connectivity index (χ2n) is 5.93. The minimum Gasteiger partial charge on any atom is -0.383 e. The van der Waals surface area contributed by atoms with Crippen molar-refractivity contribution in [1.82, 2.24) is 9.80 Å². The van der Waals surface area contributed by atoms with Gasteiger partial charge in [-0.2, -0.15) is 0 Å². The van der Waals surface area contributed by atoms with Gasteiger partial charge in [0.15, 0.2) is 0 Å². The van der Waals surface area contributed by atoms with Gasteiger partial charge in [-0.25, -0.2) is 4.39 Å². The molecule has 1 saturated heterocycles. The Labute approximate surface area is 141 Å². The molecule has 0 aliphatic carbocycles. The zero-order valence-electron chi connectivity index (χ0n) is 13.9. The molecule has 1 fully saturated rings. The summed E-state index contributed by atoms with van der Waals surface area (Å²) in [5, 5.41) is 0. The predicted molar refractivity (Wildman–Crippen MR) is 87.7 cm³/mol. The van der Waals surface area contributed by atoms with Crippen LogP contribution in [0.15, 0.2) is 24.3 Å². The maximum Gasteiger partial charge on any atom is 0.241 e. The van der Waals surface area contributed by atoms with E-state index in [0.717, 1.165) is 0 Å². The Kier molecular flexibility index (Phi) is 6.69. The van der Waals surface area contributed by atoms with Crippen LogP contribution in [0.2, 0.25) is 0 Å². The molecule has 1 aromatic rings. The first-order valence-electron chi connectivity index (χ1n) is 8.07. The van der Waals surface area contributed by atoms with Crippen LogP contribution in [0.3, 0.4) is 0 Å². The molecule has 2 rings (SSSR count). The number of rotatable bonds is 5. The molecule has 0 aromatic heterocycles. The smallest absolute Gasteiger partial charge is 0.241 e. The molecule has 1 atom stereocenters. The Bertz CT molecular complexity index is 582. The minimum absolute atomic E-state index is 0.0592. The van der Waals surface area contributed by atoms with Gasteiger partial charge in [-0.1, -0.05) is 12.1 Å². The largest absolute Gasteiger partial charge is 0.383 e. The van der Waals surface area contributed by atoms with Crippen LogP contribution in [0.25, 0.3) is 0 Å². The van der Waals surface area contributed by atoms with E-state index in [2.05, 4.69) is 0 Å². The van der Waals surface area contributed by atoms with Gasteiger partial charge in [0.05, 0.1) is 13.0 Å². The first kappa shape index (κ1) is 18.4. The Morgan fingerprint density at radius 3 is 2.67 bits per heavy atom. The molecule has 1 aromatic carbocycles. The van der Waals surface area contributed by atoms with Crippen LogP contribution in [0.4, 0.5) is 4.39 Å². The van der Waals surface area contributed by atoms with Crippen LogP contribution in [0, 0.1) is 5.82 Å². The number of benzene rings is 1. The van der Waals surface area contributed by atoms with E-state index < -0.39 is 6.04 Å². The SMILES string of the molecule is COCC(N)C(=O)N1CCCN(C(=O)Cc2cccc(F)c2)CC1. The first-order chi connectivity index (χ1) is 11.5. The number of halogens is 1. The standard InChI is InChI=1S/C17H24FN3O3/c1-24-12-15(19)17(23)21-7-3-6-20(8-9-21)16(22)11-13-4-2-5-14(18)10-13/h2,4-5,10,15H,3,6-9,11-12,19H2,1H3. The van der Waals surface area contributed by atoms with Crippen molar-refractivity contribution in [3.63, 3.8) is 0 Å². The molecule has 1 aliphatic heterocycles. The molecule has 1 heterocycles. The summed E-state index contributed by atoms with van der Waals surface area (Å²) in [5.41, 5.74) is 6.44. The number of methoxy groups -OCH3 is 1. The molecule has 0 bridgehead atoms. The van der Waals surface area contributed by atoms with E-state index in [-0.39, 0.29) is 30.7 Å². The van der Waals surface area contributed by atoms with E-state index in [4.69, 9.17) is 10.5 Å². The highest BCUT2D eigenvalue weighted by molar-refractivity contribution is 5.82. The van der Waals surface area contributed by atoms with Gasteiger partial charge in [0.1, 0.15) is 11.9 Å². The van der Waals surface area contributed by atoms with Crippen molar-refractivity contribution in [3.05, 3.63) is 35.6 Å². The van der Waals surface area contributed by atoms with Crippen LogP contribution >= 0.6 is 0 Å². The van der Waals surface area contributed by atoms with Gasteiger partial charge in [-0.15, -0.1) is 0 Å². The van der Waals surface area contributed by atoms with Gasteiger partial charge < -0.3 is 20.3 Å². The van der Waals surface area contributed by atoms with Crippen molar-refractivity contribution in [2.45, 2.75) is 18.9 Å². The normalized spacial score (nSPS) is 16.6. The van der Waals surface area contributed by atoms with Crippen LogP contribution in [-0.2, 0) is 20.7 Å². The van der Waals surface area contributed by atoms with Crippen LogP contribution in [0.5, 0.6) is 0 Å². The summed E-state index contributed by atoms with van der Waals surface area (Å²) in [4.78, 5) is 28.0. The summed E-state index contributed by atoms with van der Waals surface area (Å²) in [6.45, 7) is 2.24. The third kappa shape index (κ3) is 5.01. The lowest BCUT2D eigenvalue weighted by molar-refractivity contribution is -0.135. The fourth-order valence-electron chi connectivity index (χ4n) is 2.81. The van der Waals surface area contributed by atoms with Crippen molar-refractivity contribution in [2.75, 3.05) is 39.9 Å². The molecule has 24 heavy (non-hydrogen) atoms. The number of nitrogens with two attached hydrogens (primary N) is 1. The highest BCUT2D eigenvalue weighted by Gasteiger charge is 2.25. The molecular weight excluding hydrogens is 313 g/mol. The number of ether oxygens (including phenoxy) is 1. The van der Waals surface area contributed by atoms with Crippen LogP contribution in [0.1, 0.15) is 12.0 Å². The number of hydrogen-bond donors (Lipinski definition) is 1. The third-order valence-electron chi connectivity index (χ3n) is 4.07. The zero-order chi connectivity index (χ0) is 17.5. The van der Waals surface area contributed by atoms with Gasteiger partial charge in [0.2, 0.25) is 11.8 Å². The maximum atomic E-state index is 13.2. The van der Waals surface area contributed by atoms with E-state index in [0.29, 0.717) is 38.2 Å². The molecule has 1 aliphatic rings. The number of hydrogen-bond acceptors (Lipinski definition) is 4. The van der Waals surface area contributed by atoms with Crippen molar-refractivity contribution >= 4 is 11.8 Å². The lowest BCUT2D eigenvalue weighted by Gasteiger charge is -2.24. The monoisotopic (exact) mass is 337 g/mol. The second-order valence-corrected chi connectivity index (χ2v) is 5.93. The van der Waals surface area contributed by atoms with E-state index in [1.165, 1.54) is 19.2 Å².